The molecule has 0 aliphatic rings. The summed E-state index contributed by atoms with van der Waals surface area (Å²) in [5, 5.41) is 15.7. The van der Waals surface area contributed by atoms with Crippen LogP contribution in [0.25, 0.3) is 21.8 Å². The number of nitrogens with zero attached hydrogens (tertiary/aromatic N) is 3. The normalized spacial score (nSPS) is 12.1. The highest BCUT2D eigenvalue weighted by atomic mass is 33.1. The minimum Gasteiger partial charge on any atom is -0.368 e. The van der Waals surface area contributed by atoms with Gasteiger partial charge in [-0.05, 0) is 75.2 Å². The highest BCUT2D eigenvalue weighted by Crippen LogP contribution is 2.44. The molecule has 0 radical (unpaired) electrons. The van der Waals surface area contributed by atoms with E-state index < -0.39 is 41.6 Å². The fraction of sp³-hybridized carbons (Fsp3) is 0.400. The number of unbranched alkanes of at least 4 members (excludes halogenated alkanes) is 2. The molecule has 0 saturated heterocycles. The zero-order chi connectivity index (χ0) is 43.3. The van der Waals surface area contributed by atoms with Gasteiger partial charge in [0.2, 0.25) is 30.0 Å². The second-order valence-electron chi connectivity index (χ2n) is 13.7. The maximum Gasteiger partial charge on any atom is 0.251 e. The molecule has 6 amide bonds. The van der Waals surface area contributed by atoms with Crippen LogP contribution in [0.1, 0.15) is 48.9 Å². The molecule has 18 nitrogen and oxygen atoms in total. The van der Waals surface area contributed by atoms with E-state index in [0.717, 1.165) is 31.1 Å². The number of nitrogens with one attached hydrogen (secondary N) is 5. The molecular formula is C40H54N12O6S2. The Hall–Kier alpha value is -5.38. The largest absolute Gasteiger partial charge is 0.368 e. The van der Waals surface area contributed by atoms with E-state index in [-0.39, 0.29) is 26.2 Å². The van der Waals surface area contributed by atoms with Crippen molar-refractivity contribution >= 4 is 85.0 Å². The van der Waals surface area contributed by atoms with E-state index in [1.165, 1.54) is 26.5 Å². The van der Waals surface area contributed by atoms with Crippen molar-refractivity contribution in [1.82, 2.24) is 36.6 Å². The Morgan fingerprint density at radius 3 is 1.75 bits per heavy atom. The van der Waals surface area contributed by atoms with Gasteiger partial charge in [-0.25, -0.2) is 0 Å². The highest BCUT2D eigenvalue weighted by Gasteiger charge is 2.19. The Morgan fingerprint density at radius 2 is 1.22 bits per heavy atom. The summed E-state index contributed by atoms with van der Waals surface area (Å²) in [6.45, 7) is 1.59. The van der Waals surface area contributed by atoms with E-state index in [9.17, 15) is 28.8 Å². The van der Waals surface area contributed by atoms with Gasteiger partial charge in [-0.2, -0.15) is 0 Å². The lowest BCUT2D eigenvalue weighted by molar-refractivity contribution is -0.121. The second-order valence-corrected chi connectivity index (χ2v) is 16.0. The minimum absolute atomic E-state index is 0.214. The second kappa shape index (κ2) is 25.3. The molecule has 4 rings (SSSR count). The number of anilines is 1. The van der Waals surface area contributed by atoms with Crippen LogP contribution in [0.15, 0.2) is 70.7 Å². The first-order valence-corrected chi connectivity index (χ1v) is 21.8. The highest BCUT2D eigenvalue weighted by molar-refractivity contribution is 8.76. The van der Waals surface area contributed by atoms with E-state index in [4.69, 9.17) is 22.9 Å². The van der Waals surface area contributed by atoms with Crippen LogP contribution in [-0.2, 0) is 24.0 Å². The van der Waals surface area contributed by atoms with Crippen LogP contribution in [0.2, 0.25) is 0 Å². The average molecular weight is 863 g/mol. The number of carbonyl (C=O) groups excluding carboxylic acids is 6. The van der Waals surface area contributed by atoms with Crippen molar-refractivity contribution in [3.8, 4) is 0 Å². The number of aromatic nitrogens is 2. The van der Waals surface area contributed by atoms with Gasteiger partial charge in [-0.1, -0.05) is 46.6 Å². The van der Waals surface area contributed by atoms with Gasteiger partial charge < -0.3 is 54.4 Å². The minimum atomic E-state index is -0.533. The first kappa shape index (κ1) is 47.3. The van der Waals surface area contributed by atoms with Gasteiger partial charge in [0.1, 0.15) is 6.54 Å². The summed E-state index contributed by atoms with van der Waals surface area (Å²) < 4.78 is 0. The zero-order valence-electron chi connectivity index (χ0n) is 33.3. The number of fused-ring (bicyclic) bond motifs is 2. The van der Waals surface area contributed by atoms with Crippen LogP contribution in [-0.4, -0.2) is 110 Å². The fourth-order valence-electron chi connectivity index (χ4n) is 6.11. The van der Waals surface area contributed by atoms with E-state index in [1.54, 1.807) is 48.8 Å². The number of carbonyl (C=O) groups is 6. The van der Waals surface area contributed by atoms with E-state index in [0.29, 0.717) is 82.9 Å². The quantitative estimate of drug-likeness (QED) is 0.0215. The molecule has 2 heterocycles. The smallest absolute Gasteiger partial charge is 0.251 e. The first-order chi connectivity index (χ1) is 29.0. The third-order valence-electron chi connectivity index (χ3n) is 9.25. The molecule has 4 aromatic rings. The Kier molecular flexibility index (Phi) is 19.9. The van der Waals surface area contributed by atoms with E-state index in [1.807, 2.05) is 12.1 Å². The Balaban J connectivity index is 1.39. The number of benzene rings is 2. The van der Waals surface area contributed by atoms with Gasteiger partial charge in [0.25, 0.3) is 5.91 Å². The first-order valence-electron chi connectivity index (χ1n) is 19.7. The molecule has 2 atom stereocenters. The lowest BCUT2D eigenvalue weighted by atomic mass is 10.1. The molecule has 0 aliphatic carbocycles. The monoisotopic (exact) mass is 862 g/mol. The summed E-state index contributed by atoms with van der Waals surface area (Å²) in [6, 6.07) is 13.1. The van der Waals surface area contributed by atoms with Gasteiger partial charge in [-0.3, -0.25) is 38.7 Å². The van der Waals surface area contributed by atoms with Gasteiger partial charge >= 0.3 is 0 Å². The maximum atomic E-state index is 13.3. The molecule has 0 spiro atoms. The number of hydrogen-bond acceptors (Lipinski definition) is 14. The molecule has 0 aliphatic heterocycles. The average Bonchev–Trinajstić information content (AvgIpc) is 3.24. The molecule has 2 aromatic carbocycles. The predicted octanol–water partition coefficient (Wildman–Crippen LogP) is 0.652. The van der Waals surface area contributed by atoms with Crippen LogP contribution in [0.5, 0.6) is 0 Å². The van der Waals surface area contributed by atoms with E-state index >= 15 is 0 Å². The molecule has 60 heavy (non-hydrogen) atoms. The Morgan fingerprint density at radius 1 is 0.683 bits per heavy atom. The number of pyridine rings is 2. The summed E-state index contributed by atoms with van der Waals surface area (Å²) in [4.78, 5) is 86.4. The summed E-state index contributed by atoms with van der Waals surface area (Å²) in [5.74, 6) is -2.21. The number of amides is 6. The molecule has 322 valence electrons. The van der Waals surface area contributed by atoms with Crippen molar-refractivity contribution in [3.63, 3.8) is 0 Å². The molecular weight excluding hydrogens is 809 g/mol. The third kappa shape index (κ3) is 15.0. The maximum absolute atomic E-state index is 13.3. The van der Waals surface area contributed by atoms with Crippen LogP contribution in [0.3, 0.4) is 0 Å². The van der Waals surface area contributed by atoms with Crippen LogP contribution in [0, 0.1) is 0 Å². The topological polar surface area (TPSA) is 296 Å². The van der Waals surface area contributed by atoms with Gasteiger partial charge in [0, 0.05) is 70.4 Å². The number of primary amides is 2. The van der Waals surface area contributed by atoms with Crippen molar-refractivity contribution in [1.29, 1.82) is 0 Å². The van der Waals surface area contributed by atoms with Crippen molar-refractivity contribution in [3.05, 3.63) is 66.5 Å². The molecule has 13 N–H and O–H groups in total. The van der Waals surface area contributed by atoms with Crippen LogP contribution < -0.4 is 54.4 Å². The number of nitrogens with two attached hydrogens (primary N) is 4. The Labute approximate surface area is 356 Å². The molecule has 0 saturated carbocycles. The summed E-state index contributed by atoms with van der Waals surface area (Å²) in [5.41, 5.74) is 24.1. The fourth-order valence-corrected chi connectivity index (χ4v) is 8.44. The lowest BCUT2D eigenvalue weighted by Gasteiger charge is -2.19. The lowest BCUT2D eigenvalue weighted by Crippen LogP contribution is -2.45. The Bertz CT molecular complexity index is 2090. The number of rotatable bonds is 28. The molecule has 2 aromatic heterocycles. The zero-order valence-corrected chi connectivity index (χ0v) is 35.0. The predicted molar refractivity (Wildman–Crippen MR) is 235 cm³/mol. The molecule has 0 fully saturated rings. The van der Waals surface area contributed by atoms with Gasteiger partial charge in [0.15, 0.2) is 0 Å². The number of hydrogen-bond donors (Lipinski definition) is 9. The molecule has 0 bridgehead atoms. The summed E-state index contributed by atoms with van der Waals surface area (Å²) in [6.07, 6.45) is 8.05. The third-order valence-corrected chi connectivity index (χ3v) is 11.6. The summed E-state index contributed by atoms with van der Waals surface area (Å²) in [7, 11) is 2.69. The molecule has 0 unspecified atom stereocenters. The van der Waals surface area contributed by atoms with Gasteiger partial charge in [-0.15, -0.1) is 0 Å². The van der Waals surface area contributed by atoms with E-state index in [2.05, 4.69) is 36.6 Å². The van der Waals surface area contributed by atoms with Crippen LogP contribution >= 0.6 is 21.6 Å². The standard InChI is InChI=1S/C40H54N12O6S2/c41-11-3-1-9-30(38(43)56)45-15-17-47-34(54)23-51-40(58)28-19-26-7-5-13-49-36(26)32(21-28)59-60-33-22-29(20-27-8-6-14-50-37(27)33)52(25-53)24-35(55)48-18-16-46-31(39(44)57)10-2-4-12-42/h5-8,13-14,19-22,25,30-31,45-46H,1-4,9-12,15-18,23-24,41-42H2,(H2,43,56)(H2,44,57)(H,47,54)(H,48,55)(H,51,58)/t30-,31-/m0/s1. The van der Waals surface area contributed by atoms with Crippen LogP contribution in [0.4, 0.5) is 5.69 Å². The van der Waals surface area contributed by atoms with Gasteiger partial charge in [0.05, 0.1) is 29.7 Å². The van der Waals surface area contributed by atoms with Crippen molar-refractivity contribution in [2.45, 2.75) is 60.4 Å². The van der Waals surface area contributed by atoms with Crippen molar-refractivity contribution in [2.75, 3.05) is 57.3 Å². The van der Waals surface area contributed by atoms with Crippen molar-refractivity contribution in [2.24, 2.45) is 22.9 Å². The summed E-state index contributed by atoms with van der Waals surface area (Å²) >= 11 is 0. The van der Waals surface area contributed by atoms with Crippen molar-refractivity contribution < 1.29 is 28.8 Å². The SMILES string of the molecule is NCCCC[C@H](NCCNC(=O)CNC(=O)c1cc(SSc2cc(N(C=O)CC(=O)NCCN[C@@H](CCCCN)C(N)=O)cc3cccnc23)c2ncccc2c1)C(N)=O. The molecule has 20 heteroatoms.